The number of fused-ring (bicyclic) bond motifs is 2. The fourth-order valence-electron chi connectivity index (χ4n) is 2.70. The molecule has 2 aromatic carbocycles. The van der Waals surface area contributed by atoms with Gasteiger partial charge >= 0.3 is 0 Å². The Bertz CT molecular complexity index is 1090. The molecule has 4 nitrogen and oxygen atoms in total. The van der Waals surface area contributed by atoms with E-state index in [2.05, 4.69) is 9.98 Å². The molecule has 0 amide bonds. The monoisotopic (exact) mass is 398 g/mol. The van der Waals surface area contributed by atoms with Gasteiger partial charge in [0.1, 0.15) is 11.4 Å². The maximum absolute atomic E-state index is 12.7. The van der Waals surface area contributed by atoms with Gasteiger partial charge in [-0.1, -0.05) is 46.4 Å². The number of nitrogens with zero attached hydrogens (tertiary/aromatic N) is 1. The molecule has 24 heavy (non-hydrogen) atoms. The highest BCUT2D eigenvalue weighted by Gasteiger charge is 2.33. The van der Waals surface area contributed by atoms with Crippen LogP contribution in [0.4, 0.5) is 5.69 Å². The number of carbonyl (C=O) groups is 1. The number of hydrogen-bond donors (Lipinski definition) is 2. The summed E-state index contributed by atoms with van der Waals surface area (Å²) in [7, 11) is 0. The zero-order valence-electron chi connectivity index (χ0n) is 11.6. The Morgan fingerprint density at radius 3 is 2.21 bits per heavy atom. The molecule has 0 aliphatic carbocycles. The van der Waals surface area contributed by atoms with Gasteiger partial charge in [-0.3, -0.25) is 4.79 Å². The lowest BCUT2D eigenvalue weighted by Crippen LogP contribution is -2.12. The number of aliphatic imine (C=N–C) groups is 1. The van der Waals surface area contributed by atoms with Crippen LogP contribution in [-0.2, 0) is 0 Å². The largest absolute Gasteiger partial charge is 0.505 e. The normalized spacial score (nSPS) is 13.5. The van der Waals surface area contributed by atoms with E-state index < -0.39 is 5.78 Å². The van der Waals surface area contributed by atoms with E-state index in [0.717, 1.165) is 0 Å². The number of nitrogens with one attached hydrogen (secondary N) is 1. The Morgan fingerprint density at radius 1 is 0.917 bits per heavy atom. The van der Waals surface area contributed by atoms with E-state index in [-0.39, 0.29) is 33.4 Å². The van der Waals surface area contributed by atoms with Gasteiger partial charge in [-0.2, -0.15) is 0 Å². The molecular formula is C16H6Cl4N2O2. The van der Waals surface area contributed by atoms with Crippen molar-refractivity contribution in [3.05, 3.63) is 55.6 Å². The summed E-state index contributed by atoms with van der Waals surface area (Å²) in [4.78, 5) is 19.9. The first-order valence-electron chi connectivity index (χ1n) is 6.70. The number of carbonyl (C=O) groups excluding carboxylic acids is 1. The summed E-state index contributed by atoms with van der Waals surface area (Å²) in [5.41, 5.74) is 1.02. The van der Waals surface area contributed by atoms with E-state index in [0.29, 0.717) is 26.0 Å². The van der Waals surface area contributed by atoms with Crippen molar-refractivity contribution < 1.29 is 9.90 Å². The molecule has 2 heterocycles. The maximum atomic E-state index is 12.7. The molecule has 0 saturated carbocycles. The van der Waals surface area contributed by atoms with Crippen LogP contribution in [0.3, 0.4) is 0 Å². The quantitative estimate of drug-likeness (QED) is 0.542. The Kier molecular flexibility index (Phi) is 3.55. The lowest BCUT2D eigenvalue weighted by molar-refractivity contribution is 0.107. The topological polar surface area (TPSA) is 65.5 Å². The molecule has 4 rings (SSSR count). The van der Waals surface area contributed by atoms with Crippen molar-refractivity contribution in [1.82, 2.24) is 4.98 Å². The minimum absolute atomic E-state index is 0.000772. The molecule has 0 unspecified atom stereocenters. The van der Waals surface area contributed by atoms with Crippen molar-refractivity contribution in [2.24, 2.45) is 4.99 Å². The van der Waals surface area contributed by atoms with Crippen LogP contribution in [0.25, 0.3) is 10.9 Å². The van der Waals surface area contributed by atoms with E-state index in [9.17, 15) is 9.90 Å². The SMILES string of the molecule is O=C1C(c2[nH]c3c(Cl)ccc(Cl)c3c2O)=Nc2c(Cl)ccc(Cl)c21. The Morgan fingerprint density at radius 2 is 1.54 bits per heavy atom. The lowest BCUT2D eigenvalue weighted by atomic mass is 10.1. The van der Waals surface area contributed by atoms with Gasteiger partial charge in [-0.05, 0) is 24.3 Å². The van der Waals surface area contributed by atoms with Crippen LogP contribution in [0, 0.1) is 0 Å². The second kappa shape index (κ2) is 5.39. The zero-order chi connectivity index (χ0) is 17.2. The molecule has 0 bridgehead atoms. The molecule has 1 aliphatic heterocycles. The van der Waals surface area contributed by atoms with Crippen LogP contribution in [0.15, 0.2) is 29.3 Å². The predicted octanol–water partition coefficient (Wildman–Crippen LogP) is 5.80. The Labute approximate surface area is 155 Å². The van der Waals surface area contributed by atoms with Gasteiger partial charge in [0, 0.05) is 0 Å². The van der Waals surface area contributed by atoms with Crippen LogP contribution in [0.5, 0.6) is 5.75 Å². The Balaban J connectivity index is 1.99. The third kappa shape index (κ3) is 2.07. The van der Waals surface area contributed by atoms with Crippen LogP contribution < -0.4 is 0 Å². The highest BCUT2D eigenvalue weighted by atomic mass is 35.5. The lowest BCUT2D eigenvalue weighted by Gasteiger charge is -2.00. The number of rotatable bonds is 1. The van der Waals surface area contributed by atoms with Crippen molar-refractivity contribution in [2.45, 2.75) is 0 Å². The number of H-pyrrole nitrogens is 1. The summed E-state index contributed by atoms with van der Waals surface area (Å²) in [5, 5.41) is 12.0. The number of Topliss-reactive ketones (excluding diaryl/α,β-unsaturated/α-hetero) is 1. The van der Waals surface area contributed by atoms with Crippen molar-refractivity contribution in [3.63, 3.8) is 0 Å². The molecule has 0 spiro atoms. The summed E-state index contributed by atoms with van der Waals surface area (Å²) in [6.45, 7) is 0. The molecule has 0 atom stereocenters. The van der Waals surface area contributed by atoms with Gasteiger partial charge in [0.05, 0.1) is 42.2 Å². The molecule has 0 fully saturated rings. The molecule has 0 radical (unpaired) electrons. The Hall–Kier alpha value is -1.72. The van der Waals surface area contributed by atoms with Gasteiger partial charge in [0.15, 0.2) is 5.75 Å². The number of hydrogen-bond acceptors (Lipinski definition) is 3. The first-order chi connectivity index (χ1) is 11.4. The molecule has 2 N–H and O–H groups in total. The average molecular weight is 400 g/mol. The molecular weight excluding hydrogens is 394 g/mol. The van der Waals surface area contributed by atoms with Gasteiger partial charge in [-0.25, -0.2) is 4.99 Å². The van der Waals surface area contributed by atoms with E-state index in [4.69, 9.17) is 46.4 Å². The minimum Gasteiger partial charge on any atom is -0.505 e. The number of ketones is 1. The van der Waals surface area contributed by atoms with Crippen molar-refractivity contribution in [1.29, 1.82) is 0 Å². The standard InChI is InChI=1S/C16H6Cl4N2O2/c17-5-1-3-7(19)11-9(5)15(23)13(21-11)14-16(24)10-6(18)2-4-8(20)12(10)22-14/h1-4,21,23H. The summed E-state index contributed by atoms with van der Waals surface area (Å²) < 4.78 is 0. The van der Waals surface area contributed by atoms with Crippen LogP contribution in [-0.4, -0.2) is 21.6 Å². The predicted molar refractivity (Wildman–Crippen MR) is 97.0 cm³/mol. The number of aromatic amines is 1. The second-order valence-electron chi connectivity index (χ2n) is 5.17. The number of benzene rings is 2. The zero-order valence-corrected chi connectivity index (χ0v) is 14.6. The third-order valence-corrected chi connectivity index (χ3v) is 5.06. The van der Waals surface area contributed by atoms with E-state index in [1.165, 1.54) is 6.07 Å². The van der Waals surface area contributed by atoms with Crippen molar-refractivity contribution in [2.75, 3.05) is 0 Å². The first kappa shape index (κ1) is 15.8. The van der Waals surface area contributed by atoms with E-state index in [1.807, 2.05) is 0 Å². The van der Waals surface area contributed by atoms with Gasteiger partial charge in [0.2, 0.25) is 5.78 Å². The number of halogens is 4. The maximum Gasteiger partial charge on any atom is 0.217 e. The van der Waals surface area contributed by atoms with Crippen LogP contribution in [0.2, 0.25) is 20.1 Å². The summed E-state index contributed by atoms with van der Waals surface area (Å²) in [6, 6.07) is 6.23. The molecule has 3 aromatic rings. The van der Waals surface area contributed by atoms with E-state index >= 15 is 0 Å². The third-order valence-electron chi connectivity index (χ3n) is 3.81. The fraction of sp³-hybridized carbons (Fsp3) is 0. The smallest absolute Gasteiger partial charge is 0.217 e. The van der Waals surface area contributed by atoms with E-state index in [1.54, 1.807) is 18.2 Å². The van der Waals surface area contributed by atoms with Crippen LogP contribution in [0.1, 0.15) is 16.1 Å². The van der Waals surface area contributed by atoms with Gasteiger partial charge in [0.25, 0.3) is 0 Å². The second-order valence-corrected chi connectivity index (χ2v) is 6.80. The van der Waals surface area contributed by atoms with Crippen LogP contribution >= 0.6 is 46.4 Å². The fourth-order valence-corrected chi connectivity index (χ4v) is 3.59. The van der Waals surface area contributed by atoms with Gasteiger partial charge in [-0.15, -0.1) is 0 Å². The van der Waals surface area contributed by atoms with Gasteiger partial charge < -0.3 is 10.1 Å². The highest BCUT2D eigenvalue weighted by molar-refractivity contribution is 6.58. The van der Waals surface area contributed by atoms with Crippen molar-refractivity contribution in [3.8, 4) is 5.75 Å². The summed E-state index contributed by atoms with van der Waals surface area (Å²) >= 11 is 24.4. The molecule has 120 valence electrons. The minimum atomic E-state index is -0.438. The highest BCUT2D eigenvalue weighted by Crippen LogP contribution is 2.43. The number of aromatic nitrogens is 1. The first-order valence-corrected chi connectivity index (χ1v) is 8.21. The van der Waals surface area contributed by atoms with Crippen molar-refractivity contribution >= 4 is 74.5 Å². The molecule has 0 saturated heterocycles. The molecule has 8 heteroatoms. The summed E-state index contributed by atoms with van der Waals surface area (Å²) in [5.74, 6) is -0.642. The molecule has 1 aliphatic rings. The number of aromatic hydroxyl groups is 1. The average Bonchev–Trinajstić information content (AvgIpc) is 3.07. The molecule has 1 aromatic heterocycles. The summed E-state index contributed by atoms with van der Waals surface area (Å²) in [6.07, 6.45) is 0.